The average molecular weight is 586 g/mol. The molecule has 0 bridgehead atoms. The van der Waals surface area contributed by atoms with Crippen LogP contribution < -0.4 is 15.2 Å². The predicted molar refractivity (Wildman–Crippen MR) is 149 cm³/mol. The molecule has 0 aromatic heterocycles. The number of ether oxygens (including phenoxy) is 2. The quantitative estimate of drug-likeness (QED) is 0.235. The van der Waals surface area contributed by atoms with Crippen molar-refractivity contribution in [3.05, 3.63) is 88.5 Å². The highest BCUT2D eigenvalue weighted by Gasteiger charge is 2.38. The van der Waals surface area contributed by atoms with Gasteiger partial charge in [-0.25, -0.2) is 4.99 Å². The van der Waals surface area contributed by atoms with Gasteiger partial charge in [-0.2, -0.15) is 26.3 Å². The molecule has 42 heavy (non-hydrogen) atoms. The summed E-state index contributed by atoms with van der Waals surface area (Å²) in [7, 11) is 1.47. The SMILES string of the molecule is COc1cccc(Oc2cc(C(C)(C)C)cc3cc4c(c(-c5cc(C(F)(F)F)cc(C(F)(F)F)c5)c23)C(N)=NC4=N)c1. The first-order valence-electron chi connectivity index (χ1n) is 12.7. The van der Waals surface area contributed by atoms with Crippen molar-refractivity contribution in [3.63, 3.8) is 0 Å². The third-order valence-corrected chi connectivity index (χ3v) is 6.96. The summed E-state index contributed by atoms with van der Waals surface area (Å²) in [6, 6.07) is 13.0. The van der Waals surface area contributed by atoms with Crippen LogP contribution in [0.4, 0.5) is 26.3 Å². The van der Waals surface area contributed by atoms with Crippen molar-refractivity contribution < 1.29 is 35.8 Å². The number of nitrogens with two attached hydrogens (primary N) is 1. The first kappa shape index (κ1) is 29.0. The second kappa shape index (κ2) is 9.78. The van der Waals surface area contributed by atoms with Crippen molar-refractivity contribution in [2.24, 2.45) is 10.7 Å². The van der Waals surface area contributed by atoms with Crippen LogP contribution in [0.2, 0.25) is 0 Å². The van der Waals surface area contributed by atoms with E-state index in [4.69, 9.17) is 20.6 Å². The van der Waals surface area contributed by atoms with Gasteiger partial charge in [0.15, 0.2) is 5.84 Å². The molecular weight excluding hydrogens is 560 g/mol. The topological polar surface area (TPSA) is 80.7 Å². The zero-order valence-corrected chi connectivity index (χ0v) is 22.9. The average Bonchev–Trinajstić information content (AvgIpc) is 3.18. The lowest BCUT2D eigenvalue weighted by atomic mass is 9.82. The van der Waals surface area contributed by atoms with Crippen LogP contribution in [0.1, 0.15) is 48.6 Å². The van der Waals surface area contributed by atoms with Crippen molar-refractivity contribution >= 4 is 22.4 Å². The third-order valence-electron chi connectivity index (χ3n) is 6.96. The summed E-state index contributed by atoms with van der Waals surface area (Å²) in [5, 5.41) is 9.00. The lowest BCUT2D eigenvalue weighted by molar-refractivity contribution is -0.143. The predicted octanol–water partition coefficient (Wildman–Crippen LogP) is 8.69. The fourth-order valence-corrected chi connectivity index (χ4v) is 4.89. The number of nitrogens with one attached hydrogen (secondary N) is 1. The highest BCUT2D eigenvalue weighted by molar-refractivity contribution is 6.27. The molecule has 0 saturated carbocycles. The molecular formula is C31H25F6N3O2. The second-order valence-corrected chi connectivity index (χ2v) is 10.9. The Labute approximate surface area is 237 Å². The highest BCUT2D eigenvalue weighted by atomic mass is 19.4. The monoisotopic (exact) mass is 585 g/mol. The Morgan fingerprint density at radius 3 is 1.95 bits per heavy atom. The van der Waals surface area contributed by atoms with E-state index in [-0.39, 0.29) is 45.6 Å². The fourth-order valence-electron chi connectivity index (χ4n) is 4.89. The normalized spacial score (nSPS) is 13.8. The van der Waals surface area contributed by atoms with Gasteiger partial charge in [0.1, 0.15) is 23.1 Å². The number of rotatable bonds is 4. The van der Waals surface area contributed by atoms with Crippen molar-refractivity contribution in [2.45, 2.75) is 38.5 Å². The highest BCUT2D eigenvalue weighted by Crippen LogP contribution is 2.47. The van der Waals surface area contributed by atoms with Crippen molar-refractivity contribution in [1.82, 2.24) is 0 Å². The number of hydrogen-bond acceptors (Lipinski definition) is 4. The van der Waals surface area contributed by atoms with Gasteiger partial charge >= 0.3 is 12.4 Å². The number of alkyl halides is 6. The summed E-state index contributed by atoms with van der Waals surface area (Å²) in [6.45, 7) is 5.84. The van der Waals surface area contributed by atoms with E-state index in [0.717, 1.165) is 5.56 Å². The van der Waals surface area contributed by atoms with E-state index in [2.05, 4.69) is 4.99 Å². The molecule has 3 N–H and O–H groups in total. The van der Waals surface area contributed by atoms with Crippen LogP contribution in [0, 0.1) is 5.41 Å². The lowest BCUT2D eigenvalue weighted by Crippen LogP contribution is -2.15. The molecule has 0 radical (unpaired) electrons. The molecule has 1 aliphatic rings. The number of amidine groups is 2. The van der Waals surface area contributed by atoms with E-state index in [1.807, 2.05) is 20.8 Å². The van der Waals surface area contributed by atoms with E-state index < -0.39 is 34.5 Å². The molecule has 4 aromatic carbocycles. The van der Waals surface area contributed by atoms with E-state index in [9.17, 15) is 26.3 Å². The smallest absolute Gasteiger partial charge is 0.416 e. The molecule has 0 aliphatic carbocycles. The Hall–Kier alpha value is -4.54. The number of benzene rings is 4. The maximum Gasteiger partial charge on any atom is 0.416 e. The van der Waals surface area contributed by atoms with Gasteiger partial charge in [-0.15, -0.1) is 0 Å². The van der Waals surface area contributed by atoms with Crippen LogP contribution in [-0.2, 0) is 17.8 Å². The van der Waals surface area contributed by atoms with Gasteiger partial charge in [-0.1, -0.05) is 32.9 Å². The molecule has 5 rings (SSSR count). The number of methoxy groups -OCH3 is 1. The zero-order valence-electron chi connectivity index (χ0n) is 22.9. The van der Waals surface area contributed by atoms with Gasteiger partial charge in [0.2, 0.25) is 0 Å². The maximum atomic E-state index is 13.9. The number of fused-ring (bicyclic) bond motifs is 2. The van der Waals surface area contributed by atoms with Gasteiger partial charge in [0.25, 0.3) is 0 Å². The second-order valence-electron chi connectivity index (χ2n) is 10.9. The van der Waals surface area contributed by atoms with Crippen LogP contribution in [0.25, 0.3) is 21.9 Å². The standard InChI is InChI=1S/C31H25F6N3O2/c1-29(2,3)17-8-16-11-22-26(28(39)40-27(22)38)25(15-9-18(30(32,33)34)12-19(10-15)31(35,36)37)24(16)23(13-17)42-21-7-5-6-20(14-21)41-4/h5-14H,1-4H3,(H3,38,39,40). The summed E-state index contributed by atoms with van der Waals surface area (Å²) in [6.07, 6.45) is -10.1. The Morgan fingerprint density at radius 1 is 0.762 bits per heavy atom. The minimum absolute atomic E-state index is 0.0546. The summed E-state index contributed by atoms with van der Waals surface area (Å²) in [5.74, 6) is 0.501. The number of aliphatic imine (C=N–C) groups is 1. The van der Waals surface area contributed by atoms with Crippen molar-refractivity contribution in [3.8, 4) is 28.4 Å². The van der Waals surface area contributed by atoms with E-state index >= 15 is 0 Å². The summed E-state index contributed by atoms with van der Waals surface area (Å²) in [5.41, 5.74) is 3.32. The minimum Gasteiger partial charge on any atom is -0.497 e. The number of hydrogen-bond donors (Lipinski definition) is 2. The lowest BCUT2D eigenvalue weighted by Gasteiger charge is -2.24. The Morgan fingerprint density at radius 2 is 1.38 bits per heavy atom. The van der Waals surface area contributed by atoms with E-state index in [1.54, 1.807) is 42.5 Å². The van der Waals surface area contributed by atoms with Gasteiger partial charge in [-0.3, -0.25) is 5.41 Å². The minimum atomic E-state index is -5.07. The number of nitrogens with zero attached hydrogens (tertiary/aromatic N) is 1. The molecule has 0 amide bonds. The van der Waals surface area contributed by atoms with Crippen LogP contribution in [0.15, 0.2) is 65.7 Å². The molecule has 0 unspecified atom stereocenters. The first-order valence-corrected chi connectivity index (χ1v) is 12.7. The van der Waals surface area contributed by atoms with Crippen molar-refractivity contribution in [1.29, 1.82) is 5.41 Å². The van der Waals surface area contributed by atoms with Gasteiger partial charge in [-0.05, 0) is 64.4 Å². The van der Waals surface area contributed by atoms with Crippen LogP contribution >= 0.6 is 0 Å². The van der Waals surface area contributed by atoms with E-state index in [0.29, 0.717) is 29.0 Å². The Bertz CT molecular complexity index is 1750. The van der Waals surface area contributed by atoms with Crippen LogP contribution in [0.5, 0.6) is 17.2 Å². The van der Waals surface area contributed by atoms with Gasteiger partial charge in [0, 0.05) is 28.1 Å². The molecule has 0 spiro atoms. The Balaban J connectivity index is 1.95. The number of halogens is 6. The maximum absolute atomic E-state index is 13.9. The third kappa shape index (κ3) is 5.26. The molecule has 1 heterocycles. The van der Waals surface area contributed by atoms with Crippen LogP contribution in [-0.4, -0.2) is 18.8 Å². The van der Waals surface area contributed by atoms with Gasteiger partial charge in [0.05, 0.1) is 18.2 Å². The fraction of sp³-hybridized carbons (Fsp3) is 0.226. The largest absolute Gasteiger partial charge is 0.497 e. The molecule has 1 aliphatic heterocycles. The molecule has 0 atom stereocenters. The van der Waals surface area contributed by atoms with E-state index in [1.165, 1.54) is 7.11 Å². The Kier molecular flexibility index (Phi) is 6.75. The molecule has 5 nitrogen and oxygen atoms in total. The summed E-state index contributed by atoms with van der Waals surface area (Å²) < 4.78 is 95.1. The molecule has 0 saturated heterocycles. The zero-order chi connectivity index (χ0) is 30.8. The summed E-state index contributed by atoms with van der Waals surface area (Å²) >= 11 is 0. The molecule has 4 aromatic rings. The molecule has 218 valence electrons. The van der Waals surface area contributed by atoms with Gasteiger partial charge < -0.3 is 15.2 Å². The van der Waals surface area contributed by atoms with Crippen molar-refractivity contribution in [2.75, 3.05) is 7.11 Å². The van der Waals surface area contributed by atoms with Crippen LogP contribution in [0.3, 0.4) is 0 Å². The first-order chi connectivity index (χ1) is 19.5. The molecule has 11 heteroatoms. The molecule has 0 fully saturated rings. The summed E-state index contributed by atoms with van der Waals surface area (Å²) in [4.78, 5) is 3.99.